The molecule has 1 N–H and O–H groups in total. The van der Waals surface area contributed by atoms with Gasteiger partial charge in [-0.3, -0.25) is 4.79 Å². The molecule has 0 saturated heterocycles. The number of carbonyl (C=O) groups excluding carboxylic acids is 1. The van der Waals surface area contributed by atoms with Gasteiger partial charge >= 0.3 is 0 Å². The van der Waals surface area contributed by atoms with Gasteiger partial charge in [-0.15, -0.1) is 0 Å². The number of carbonyl (C=O) groups is 1. The molecule has 1 amide bonds. The van der Waals surface area contributed by atoms with Crippen LogP contribution in [0.4, 0.5) is 5.69 Å². The summed E-state index contributed by atoms with van der Waals surface area (Å²) in [6.45, 7) is 5.83. The number of para-hydroxylation sites is 1. The summed E-state index contributed by atoms with van der Waals surface area (Å²) in [7, 11) is 1.51. The van der Waals surface area contributed by atoms with E-state index in [2.05, 4.69) is 5.32 Å². The number of nitriles is 1. The van der Waals surface area contributed by atoms with Crippen LogP contribution in [0.25, 0.3) is 6.08 Å². The van der Waals surface area contributed by atoms with E-state index in [0.29, 0.717) is 27.8 Å². The summed E-state index contributed by atoms with van der Waals surface area (Å²) >= 11 is 6.35. The van der Waals surface area contributed by atoms with E-state index in [1.807, 2.05) is 45.0 Å². The van der Waals surface area contributed by atoms with Crippen molar-refractivity contribution in [2.45, 2.75) is 33.3 Å². The van der Waals surface area contributed by atoms with Gasteiger partial charge in [-0.05, 0) is 55.7 Å². The van der Waals surface area contributed by atoms with Crippen LogP contribution in [-0.4, -0.2) is 19.1 Å². The number of amides is 1. The predicted molar refractivity (Wildman–Crippen MR) is 112 cm³/mol. The molecule has 146 valence electrons. The summed E-state index contributed by atoms with van der Waals surface area (Å²) in [4.78, 5) is 12.5. The van der Waals surface area contributed by atoms with Crippen molar-refractivity contribution in [3.8, 4) is 17.6 Å². The Bertz CT molecular complexity index is 932. The van der Waals surface area contributed by atoms with Gasteiger partial charge in [0.2, 0.25) is 0 Å². The molecule has 0 heterocycles. The molecule has 2 rings (SSSR count). The normalized spacial score (nSPS) is 12.1. The van der Waals surface area contributed by atoms with Crippen LogP contribution in [0.15, 0.2) is 42.0 Å². The Hall–Kier alpha value is -2.97. The van der Waals surface area contributed by atoms with Crippen molar-refractivity contribution in [3.05, 3.63) is 58.1 Å². The fourth-order valence-corrected chi connectivity index (χ4v) is 2.70. The molecule has 5 nitrogen and oxygen atoms in total. The highest BCUT2D eigenvalue weighted by Crippen LogP contribution is 2.38. The van der Waals surface area contributed by atoms with Crippen LogP contribution in [0.3, 0.4) is 0 Å². The quantitative estimate of drug-likeness (QED) is 0.502. The average Bonchev–Trinajstić information content (AvgIpc) is 2.69. The number of aryl methyl sites for hydroxylation is 1. The molecule has 0 spiro atoms. The van der Waals surface area contributed by atoms with Gasteiger partial charge in [0.1, 0.15) is 11.6 Å². The van der Waals surface area contributed by atoms with E-state index in [9.17, 15) is 10.1 Å². The largest absolute Gasteiger partial charge is 0.493 e. The van der Waals surface area contributed by atoms with E-state index in [-0.39, 0.29) is 11.7 Å². The fourth-order valence-electron chi connectivity index (χ4n) is 2.44. The van der Waals surface area contributed by atoms with Crippen molar-refractivity contribution in [2.24, 2.45) is 0 Å². The molecule has 0 bridgehead atoms. The zero-order chi connectivity index (χ0) is 20.7. The molecule has 0 aliphatic rings. The molecular weight excluding hydrogens is 376 g/mol. The van der Waals surface area contributed by atoms with Gasteiger partial charge in [0.15, 0.2) is 11.5 Å². The number of methoxy groups -OCH3 is 1. The Labute approximate surface area is 170 Å². The summed E-state index contributed by atoms with van der Waals surface area (Å²) in [5.41, 5.74) is 2.08. The standard InChI is InChI=1S/C22H23ClN2O3/c1-5-15(3)28-21-18(23)11-16(12-20(21)27-4)10-17(13-24)22(26)25-19-9-7-6-8-14(19)2/h6-12,15H,5H2,1-4H3,(H,25,26)/b17-10-. The molecule has 0 fully saturated rings. The van der Waals surface area contributed by atoms with Crippen LogP contribution < -0.4 is 14.8 Å². The lowest BCUT2D eigenvalue weighted by Gasteiger charge is -2.17. The number of hydrogen-bond acceptors (Lipinski definition) is 4. The molecule has 6 heteroatoms. The summed E-state index contributed by atoms with van der Waals surface area (Å²) in [6.07, 6.45) is 2.26. The molecule has 0 aliphatic heterocycles. The smallest absolute Gasteiger partial charge is 0.266 e. The number of nitrogens with zero attached hydrogens (tertiary/aromatic N) is 1. The van der Waals surface area contributed by atoms with E-state index in [1.54, 1.807) is 18.2 Å². The number of rotatable bonds is 7. The second-order valence-corrected chi connectivity index (χ2v) is 6.72. The Morgan fingerprint density at radius 3 is 2.68 bits per heavy atom. The molecule has 0 radical (unpaired) electrons. The lowest BCUT2D eigenvalue weighted by molar-refractivity contribution is -0.112. The highest BCUT2D eigenvalue weighted by Gasteiger charge is 2.16. The number of ether oxygens (including phenoxy) is 2. The maximum absolute atomic E-state index is 12.5. The van der Waals surface area contributed by atoms with Crippen LogP contribution in [0.2, 0.25) is 5.02 Å². The van der Waals surface area contributed by atoms with Crippen LogP contribution >= 0.6 is 11.6 Å². The van der Waals surface area contributed by atoms with Gasteiger partial charge in [-0.1, -0.05) is 36.7 Å². The lowest BCUT2D eigenvalue weighted by atomic mass is 10.1. The van der Waals surface area contributed by atoms with Crippen molar-refractivity contribution >= 4 is 29.3 Å². The van der Waals surface area contributed by atoms with Gasteiger partial charge in [-0.25, -0.2) is 0 Å². The van der Waals surface area contributed by atoms with Crippen molar-refractivity contribution in [3.63, 3.8) is 0 Å². The van der Waals surface area contributed by atoms with E-state index in [1.165, 1.54) is 13.2 Å². The van der Waals surface area contributed by atoms with Crippen molar-refractivity contribution in [2.75, 3.05) is 12.4 Å². The van der Waals surface area contributed by atoms with Crippen LogP contribution in [0, 0.1) is 18.3 Å². The van der Waals surface area contributed by atoms with Crippen molar-refractivity contribution < 1.29 is 14.3 Å². The zero-order valence-electron chi connectivity index (χ0n) is 16.4. The number of halogens is 1. The monoisotopic (exact) mass is 398 g/mol. The molecule has 0 aromatic heterocycles. The first kappa shape index (κ1) is 21.3. The molecule has 1 atom stereocenters. The number of hydrogen-bond donors (Lipinski definition) is 1. The van der Waals surface area contributed by atoms with E-state index >= 15 is 0 Å². The van der Waals surface area contributed by atoms with Gasteiger partial charge < -0.3 is 14.8 Å². The third-order valence-corrected chi connectivity index (χ3v) is 4.50. The lowest BCUT2D eigenvalue weighted by Crippen LogP contribution is -2.14. The second-order valence-electron chi connectivity index (χ2n) is 6.31. The summed E-state index contributed by atoms with van der Waals surface area (Å²) in [6, 6.07) is 12.6. The molecular formula is C22H23ClN2O3. The fraction of sp³-hybridized carbons (Fsp3) is 0.273. The first-order valence-corrected chi connectivity index (χ1v) is 9.30. The number of nitrogens with one attached hydrogen (secondary N) is 1. The molecule has 0 aliphatic carbocycles. The Morgan fingerprint density at radius 1 is 1.36 bits per heavy atom. The van der Waals surface area contributed by atoms with Crippen molar-refractivity contribution in [1.82, 2.24) is 0 Å². The van der Waals surface area contributed by atoms with E-state index in [4.69, 9.17) is 21.1 Å². The first-order valence-electron chi connectivity index (χ1n) is 8.92. The molecule has 2 aromatic carbocycles. The third-order valence-electron chi connectivity index (χ3n) is 4.22. The number of anilines is 1. The summed E-state index contributed by atoms with van der Waals surface area (Å²) in [5, 5.41) is 12.5. The third kappa shape index (κ3) is 5.28. The zero-order valence-corrected chi connectivity index (χ0v) is 17.1. The Kier molecular flexibility index (Phi) is 7.48. The predicted octanol–water partition coefficient (Wildman–Crippen LogP) is 5.38. The van der Waals surface area contributed by atoms with Crippen molar-refractivity contribution in [1.29, 1.82) is 5.26 Å². The van der Waals surface area contributed by atoms with Gasteiger partial charge in [0.25, 0.3) is 5.91 Å². The SMILES string of the molecule is CCC(C)Oc1c(Cl)cc(/C=C(/C#N)C(=O)Nc2ccccc2C)cc1OC. The maximum Gasteiger partial charge on any atom is 0.266 e. The highest BCUT2D eigenvalue weighted by atomic mass is 35.5. The molecule has 2 aromatic rings. The molecule has 28 heavy (non-hydrogen) atoms. The van der Waals surface area contributed by atoms with Crippen LogP contribution in [0.5, 0.6) is 11.5 Å². The topological polar surface area (TPSA) is 71.3 Å². The summed E-state index contributed by atoms with van der Waals surface area (Å²) in [5.74, 6) is 0.390. The summed E-state index contributed by atoms with van der Waals surface area (Å²) < 4.78 is 11.2. The van der Waals surface area contributed by atoms with E-state index in [0.717, 1.165) is 12.0 Å². The van der Waals surface area contributed by atoms with Gasteiger partial charge in [0, 0.05) is 5.69 Å². The van der Waals surface area contributed by atoms with Crippen LogP contribution in [0.1, 0.15) is 31.4 Å². The average molecular weight is 399 g/mol. The Balaban J connectivity index is 2.33. The second kappa shape index (κ2) is 9.82. The molecule has 1 unspecified atom stereocenters. The highest BCUT2D eigenvalue weighted by molar-refractivity contribution is 6.32. The Morgan fingerprint density at radius 2 is 2.07 bits per heavy atom. The van der Waals surface area contributed by atoms with Gasteiger partial charge in [0.05, 0.1) is 18.2 Å². The van der Waals surface area contributed by atoms with Crippen LogP contribution in [-0.2, 0) is 4.79 Å². The minimum absolute atomic E-state index is 0.0256. The van der Waals surface area contributed by atoms with Gasteiger partial charge in [-0.2, -0.15) is 5.26 Å². The first-order chi connectivity index (χ1) is 13.4. The minimum Gasteiger partial charge on any atom is -0.493 e. The van der Waals surface area contributed by atoms with E-state index < -0.39 is 5.91 Å². The molecule has 0 saturated carbocycles. The number of benzene rings is 2. The minimum atomic E-state index is -0.494. The maximum atomic E-state index is 12.5.